The van der Waals surface area contributed by atoms with E-state index in [0.717, 1.165) is 28.3 Å². The van der Waals surface area contributed by atoms with Gasteiger partial charge in [-0.3, -0.25) is 14.1 Å². The maximum absolute atomic E-state index is 13.2. The molecule has 0 aliphatic carbocycles. The van der Waals surface area contributed by atoms with Crippen LogP contribution >= 0.6 is 0 Å². The number of sulfonamides is 1. The highest BCUT2D eigenvalue weighted by Crippen LogP contribution is 2.41. The van der Waals surface area contributed by atoms with E-state index in [9.17, 15) is 13.2 Å². The van der Waals surface area contributed by atoms with Crippen molar-refractivity contribution in [1.29, 1.82) is 0 Å². The summed E-state index contributed by atoms with van der Waals surface area (Å²) in [6.45, 7) is 1.98. The number of furan rings is 1. The second-order valence-corrected chi connectivity index (χ2v) is 11.9. The van der Waals surface area contributed by atoms with Gasteiger partial charge in [-0.25, -0.2) is 13.1 Å². The summed E-state index contributed by atoms with van der Waals surface area (Å²) in [5.41, 5.74) is 5.77. The van der Waals surface area contributed by atoms with E-state index in [1.54, 1.807) is 42.5 Å². The van der Waals surface area contributed by atoms with Crippen molar-refractivity contribution < 1.29 is 17.6 Å². The number of benzene rings is 3. The number of carbonyl (C=O) groups is 1. The summed E-state index contributed by atoms with van der Waals surface area (Å²) >= 11 is 0. The SMILES string of the molecule is CNC(=O)c1c(-c2ccc(C)cc2)oc2cc(N(C)S(C)(=O)=O)c(-c3cncc(-n4ncc5ccccc54)c3)cc12. The van der Waals surface area contributed by atoms with Gasteiger partial charge in [0.15, 0.2) is 0 Å². The van der Waals surface area contributed by atoms with E-state index in [0.29, 0.717) is 44.8 Å². The van der Waals surface area contributed by atoms with Gasteiger partial charge in [0.05, 0.1) is 41.1 Å². The molecule has 6 rings (SSSR count). The number of rotatable bonds is 6. The van der Waals surface area contributed by atoms with Crippen LogP contribution in [0.15, 0.2) is 89.7 Å². The van der Waals surface area contributed by atoms with Gasteiger partial charge >= 0.3 is 0 Å². The van der Waals surface area contributed by atoms with E-state index < -0.39 is 10.0 Å². The smallest absolute Gasteiger partial charge is 0.255 e. The fourth-order valence-electron chi connectivity index (χ4n) is 4.93. The van der Waals surface area contributed by atoms with E-state index in [-0.39, 0.29) is 5.91 Å². The number of amides is 1. The minimum absolute atomic E-state index is 0.315. The first kappa shape index (κ1) is 26.3. The monoisotopic (exact) mass is 565 g/mol. The highest BCUT2D eigenvalue weighted by molar-refractivity contribution is 7.92. The summed E-state index contributed by atoms with van der Waals surface area (Å²) in [5, 5.41) is 8.79. The Kier molecular flexibility index (Phi) is 6.34. The Morgan fingerprint density at radius 2 is 1.73 bits per heavy atom. The molecule has 3 heterocycles. The average molecular weight is 566 g/mol. The van der Waals surface area contributed by atoms with Crippen molar-refractivity contribution in [3.05, 3.63) is 96.4 Å². The molecule has 0 aliphatic heterocycles. The third kappa shape index (κ3) is 4.62. The van der Waals surface area contributed by atoms with Gasteiger partial charge < -0.3 is 9.73 Å². The molecule has 206 valence electrons. The minimum Gasteiger partial charge on any atom is -0.455 e. The van der Waals surface area contributed by atoms with Gasteiger partial charge in [0.1, 0.15) is 11.3 Å². The summed E-state index contributed by atoms with van der Waals surface area (Å²) < 4.78 is 34.7. The zero-order valence-corrected chi connectivity index (χ0v) is 23.7. The van der Waals surface area contributed by atoms with Gasteiger partial charge in [-0.1, -0.05) is 48.0 Å². The molecule has 3 aromatic heterocycles. The molecule has 0 radical (unpaired) electrons. The van der Waals surface area contributed by atoms with Crippen molar-refractivity contribution in [3.63, 3.8) is 0 Å². The van der Waals surface area contributed by atoms with Crippen LogP contribution in [0.4, 0.5) is 5.69 Å². The average Bonchev–Trinajstić information content (AvgIpc) is 3.57. The van der Waals surface area contributed by atoms with Gasteiger partial charge in [-0.05, 0) is 25.1 Å². The maximum Gasteiger partial charge on any atom is 0.255 e. The first-order valence-electron chi connectivity index (χ1n) is 12.9. The largest absolute Gasteiger partial charge is 0.455 e. The topological polar surface area (TPSA) is 110 Å². The summed E-state index contributed by atoms with van der Waals surface area (Å²) in [5.74, 6) is 0.0868. The van der Waals surface area contributed by atoms with Crippen LogP contribution in [0.2, 0.25) is 0 Å². The molecule has 0 saturated heterocycles. The minimum atomic E-state index is -3.64. The van der Waals surface area contributed by atoms with Crippen LogP contribution in [0.3, 0.4) is 0 Å². The molecule has 41 heavy (non-hydrogen) atoms. The predicted molar refractivity (Wildman–Crippen MR) is 161 cm³/mol. The third-order valence-corrected chi connectivity index (χ3v) is 8.36. The molecule has 3 aromatic carbocycles. The molecule has 1 N–H and O–H groups in total. The highest BCUT2D eigenvalue weighted by atomic mass is 32.2. The van der Waals surface area contributed by atoms with Gasteiger partial charge in [0.25, 0.3) is 5.91 Å². The summed E-state index contributed by atoms with van der Waals surface area (Å²) in [7, 11) is -0.592. The first-order chi connectivity index (χ1) is 19.7. The zero-order valence-electron chi connectivity index (χ0n) is 22.9. The molecule has 0 unspecified atom stereocenters. The Morgan fingerprint density at radius 1 is 0.976 bits per heavy atom. The van der Waals surface area contributed by atoms with Gasteiger partial charge in [-0.15, -0.1) is 0 Å². The van der Waals surface area contributed by atoms with E-state index in [1.165, 1.54) is 11.4 Å². The first-order valence-corrected chi connectivity index (χ1v) is 14.7. The van der Waals surface area contributed by atoms with Crippen molar-refractivity contribution in [2.45, 2.75) is 6.92 Å². The molecule has 10 heteroatoms. The van der Waals surface area contributed by atoms with Crippen LogP contribution in [0.1, 0.15) is 15.9 Å². The van der Waals surface area contributed by atoms with E-state index in [1.807, 2.05) is 61.5 Å². The highest BCUT2D eigenvalue weighted by Gasteiger charge is 2.26. The third-order valence-electron chi connectivity index (χ3n) is 7.17. The Labute approximate surface area is 237 Å². The second kappa shape index (κ2) is 9.90. The molecule has 0 saturated carbocycles. The normalized spacial score (nSPS) is 11.7. The van der Waals surface area contributed by atoms with Crippen molar-refractivity contribution >= 4 is 43.5 Å². The van der Waals surface area contributed by atoms with Crippen molar-refractivity contribution in [3.8, 4) is 28.1 Å². The van der Waals surface area contributed by atoms with Crippen molar-refractivity contribution in [2.24, 2.45) is 0 Å². The van der Waals surface area contributed by atoms with E-state index in [4.69, 9.17) is 4.42 Å². The Balaban J connectivity index is 1.62. The van der Waals surface area contributed by atoms with Crippen molar-refractivity contribution in [2.75, 3.05) is 24.7 Å². The Bertz CT molecular complexity index is 2060. The standard InChI is InChI=1S/C31H27N5O4S/c1-19-9-11-20(12-10-19)30-29(31(37)32-2)25-14-24(27(15-28(25)40-30)35(3)41(4,38)39)22-13-23(18-33-16-22)36-26-8-6-5-7-21(26)17-34-36/h5-18H,1-4H3,(H,32,37). The number of aromatic nitrogens is 3. The predicted octanol–water partition coefficient (Wildman–Crippen LogP) is 5.56. The fourth-order valence-corrected chi connectivity index (χ4v) is 5.44. The Morgan fingerprint density at radius 3 is 2.46 bits per heavy atom. The molecular formula is C31H27N5O4S. The molecule has 0 spiro atoms. The van der Waals surface area contributed by atoms with Gasteiger partial charge in [0, 0.05) is 53.8 Å². The zero-order chi connectivity index (χ0) is 28.9. The molecule has 0 atom stereocenters. The lowest BCUT2D eigenvalue weighted by Crippen LogP contribution is -2.25. The molecule has 0 bridgehead atoms. The number of nitrogens with zero attached hydrogens (tertiary/aromatic N) is 4. The van der Waals surface area contributed by atoms with Crippen LogP contribution in [0.5, 0.6) is 0 Å². The van der Waals surface area contributed by atoms with Crippen LogP contribution < -0.4 is 9.62 Å². The number of hydrogen-bond acceptors (Lipinski definition) is 6. The number of carbonyl (C=O) groups excluding carboxylic acids is 1. The van der Waals surface area contributed by atoms with Crippen LogP contribution in [0, 0.1) is 6.92 Å². The number of pyridine rings is 1. The summed E-state index contributed by atoms with van der Waals surface area (Å²) in [4.78, 5) is 17.7. The van der Waals surface area contributed by atoms with Crippen LogP contribution in [-0.2, 0) is 10.0 Å². The summed E-state index contributed by atoms with van der Waals surface area (Å²) in [6, 6.07) is 20.9. The lowest BCUT2D eigenvalue weighted by atomic mass is 9.99. The van der Waals surface area contributed by atoms with Crippen molar-refractivity contribution in [1.82, 2.24) is 20.1 Å². The maximum atomic E-state index is 13.2. The quantitative estimate of drug-likeness (QED) is 0.283. The van der Waals surface area contributed by atoms with E-state index >= 15 is 0 Å². The molecule has 6 aromatic rings. The van der Waals surface area contributed by atoms with E-state index in [2.05, 4.69) is 15.4 Å². The molecule has 1 amide bonds. The van der Waals surface area contributed by atoms with Gasteiger partial charge in [0.2, 0.25) is 10.0 Å². The van der Waals surface area contributed by atoms with Crippen LogP contribution in [0.25, 0.3) is 50.0 Å². The number of para-hydroxylation sites is 1. The van der Waals surface area contributed by atoms with Crippen LogP contribution in [-0.4, -0.2) is 49.4 Å². The molecular weight excluding hydrogens is 538 g/mol. The van der Waals surface area contributed by atoms with Gasteiger partial charge in [-0.2, -0.15) is 5.10 Å². The number of fused-ring (bicyclic) bond motifs is 2. The fraction of sp³-hybridized carbons (Fsp3) is 0.129. The number of anilines is 1. The Hall–Kier alpha value is -4.96. The second-order valence-electron chi connectivity index (χ2n) is 9.89. The number of nitrogens with one attached hydrogen (secondary N) is 1. The number of aryl methyl sites for hydroxylation is 1. The molecule has 0 fully saturated rings. The molecule has 0 aliphatic rings. The lowest BCUT2D eigenvalue weighted by molar-refractivity contribution is 0.0964. The molecule has 9 nitrogen and oxygen atoms in total. The summed E-state index contributed by atoms with van der Waals surface area (Å²) in [6.07, 6.45) is 6.28. The number of hydrogen-bond donors (Lipinski definition) is 1. The lowest BCUT2D eigenvalue weighted by Gasteiger charge is -2.21.